The highest BCUT2D eigenvalue weighted by Gasteiger charge is 2.18. The van der Waals surface area contributed by atoms with Crippen molar-refractivity contribution in [2.24, 2.45) is 5.73 Å². The van der Waals surface area contributed by atoms with Crippen LogP contribution in [0.5, 0.6) is 0 Å². The predicted octanol–water partition coefficient (Wildman–Crippen LogP) is -1.18. The van der Waals surface area contributed by atoms with Crippen LogP contribution in [0, 0.1) is 0 Å². The molecule has 1 amide bonds. The van der Waals surface area contributed by atoms with E-state index in [0.29, 0.717) is 5.69 Å². The fourth-order valence-corrected chi connectivity index (χ4v) is 1.35. The highest BCUT2D eigenvalue weighted by molar-refractivity contribution is 5.75. The van der Waals surface area contributed by atoms with E-state index in [9.17, 15) is 13.6 Å². The van der Waals surface area contributed by atoms with Crippen molar-refractivity contribution in [1.29, 1.82) is 0 Å². The molecule has 0 atom stereocenters. The van der Waals surface area contributed by atoms with Crippen LogP contribution in [-0.2, 0) is 17.9 Å². The Morgan fingerprint density at radius 2 is 2.33 bits per heavy atom. The van der Waals surface area contributed by atoms with Crippen LogP contribution in [0.25, 0.3) is 0 Å². The van der Waals surface area contributed by atoms with Crippen LogP contribution in [0.3, 0.4) is 0 Å². The highest BCUT2D eigenvalue weighted by Crippen LogP contribution is 2.01. The first-order valence-corrected chi connectivity index (χ1v) is 5.32. The summed E-state index contributed by atoms with van der Waals surface area (Å²) < 4.78 is 25.7. The molecule has 0 spiro atoms. The molecule has 0 saturated carbocycles. The standard InChI is InChI=1S/C9H15F2N5O2/c10-8(11)5-15(1-2-17)9(18)6-16-4-7(3-12)13-14-16/h4,8,17H,1-3,5-6,12H2. The summed E-state index contributed by atoms with van der Waals surface area (Å²) in [4.78, 5) is 12.6. The SMILES string of the molecule is NCc1cn(CC(=O)N(CCO)CC(F)F)nn1. The van der Waals surface area contributed by atoms with E-state index in [-0.39, 0.29) is 26.2 Å². The van der Waals surface area contributed by atoms with Crippen molar-refractivity contribution in [2.45, 2.75) is 19.5 Å². The molecule has 1 rings (SSSR count). The molecule has 0 unspecified atom stereocenters. The van der Waals surface area contributed by atoms with E-state index >= 15 is 0 Å². The highest BCUT2D eigenvalue weighted by atomic mass is 19.3. The van der Waals surface area contributed by atoms with Crippen LogP contribution < -0.4 is 5.73 Å². The van der Waals surface area contributed by atoms with E-state index in [0.717, 1.165) is 4.90 Å². The van der Waals surface area contributed by atoms with Gasteiger partial charge in [-0.3, -0.25) is 4.79 Å². The summed E-state index contributed by atoms with van der Waals surface area (Å²) in [6.45, 7) is -1.24. The van der Waals surface area contributed by atoms with E-state index in [1.807, 2.05) is 0 Å². The molecule has 1 aromatic rings. The van der Waals surface area contributed by atoms with E-state index < -0.39 is 18.9 Å². The van der Waals surface area contributed by atoms with Crippen molar-refractivity contribution < 1.29 is 18.7 Å². The summed E-state index contributed by atoms with van der Waals surface area (Å²) >= 11 is 0. The number of hydrogen-bond donors (Lipinski definition) is 2. The maximum Gasteiger partial charge on any atom is 0.255 e. The largest absolute Gasteiger partial charge is 0.395 e. The Kier molecular flexibility index (Phi) is 5.59. The fraction of sp³-hybridized carbons (Fsp3) is 0.667. The Labute approximate surface area is 102 Å². The Hall–Kier alpha value is -1.61. The van der Waals surface area contributed by atoms with Crippen LogP contribution in [0.2, 0.25) is 0 Å². The van der Waals surface area contributed by atoms with Gasteiger partial charge in [-0.2, -0.15) is 0 Å². The van der Waals surface area contributed by atoms with E-state index in [1.54, 1.807) is 0 Å². The molecule has 0 fully saturated rings. The second-order valence-electron chi connectivity index (χ2n) is 3.57. The third-order valence-electron chi connectivity index (χ3n) is 2.17. The van der Waals surface area contributed by atoms with Gasteiger partial charge in [0.2, 0.25) is 5.91 Å². The molecule has 0 aliphatic heterocycles. The number of amides is 1. The summed E-state index contributed by atoms with van der Waals surface area (Å²) in [6.07, 6.45) is -1.17. The minimum absolute atomic E-state index is 0.137. The van der Waals surface area contributed by atoms with Gasteiger partial charge in [-0.25, -0.2) is 13.5 Å². The summed E-state index contributed by atoms with van der Waals surface area (Å²) in [5.74, 6) is -0.558. The number of alkyl halides is 2. The monoisotopic (exact) mass is 263 g/mol. The Morgan fingerprint density at radius 1 is 1.61 bits per heavy atom. The quantitative estimate of drug-likeness (QED) is 0.645. The second-order valence-corrected chi connectivity index (χ2v) is 3.57. The second kappa shape index (κ2) is 6.97. The summed E-state index contributed by atoms with van der Waals surface area (Å²) in [5, 5.41) is 16.0. The zero-order valence-electron chi connectivity index (χ0n) is 9.67. The molecule has 1 heterocycles. The summed E-state index contributed by atoms with van der Waals surface area (Å²) in [5.41, 5.74) is 5.83. The molecular formula is C9H15F2N5O2. The fourth-order valence-electron chi connectivity index (χ4n) is 1.35. The van der Waals surface area contributed by atoms with Gasteiger partial charge >= 0.3 is 0 Å². The average Bonchev–Trinajstić information content (AvgIpc) is 2.75. The number of aromatic nitrogens is 3. The van der Waals surface area contributed by atoms with Gasteiger partial charge in [0.25, 0.3) is 6.43 Å². The third kappa shape index (κ3) is 4.34. The molecular weight excluding hydrogens is 248 g/mol. The molecule has 9 heteroatoms. The van der Waals surface area contributed by atoms with Crippen molar-refractivity contribution in [1.82, 2.24) is 19.9 Å². The lowest BCUT2D eigenvalue weighted by Crippen LogP contribution is -2.39. The number of nitrogens with two attached hydrogens (primary N) is 1. The third-order valence-corrected chi connectivity index (χ3v) is 2.17. The average molecular weight is 263 g/mol. The molecule has 18 heavy (non-hydrogen) atoms. The predicted molar refractivity (Wildman–Crippen MR) is 57.6 cm³/mol. The lowest BCUT2D eigenvalue weighted by atomic mass is 10.4. The van der Waals surface area contributed by atoms with Gasteiger partial charge in [-0.15, -0.1) is 5.10 Å². The first kappa shape index (κ1) is 14.5. The molecule has 102 valence electrons. The van der Waals surface area contributed by atoms with Gasteiger partial charge in [0.05, 0.1) is 25.0 Å². The summed E-state index contributed by atoms with van der Waals surface area (Å²) in [7, 11) is 0. The van der Waals surface area contributed by atoms with E-state index in [1.165, 1.54) is 10.9 Å². The van der Waals surface area contributed by atoms with Crippen molar-refractivity contribution in [3.8, 4) is 0 Å². The van der Waals surface area contributed by atoms with Gasteiger partial charge in [-0.05, 0) is 0 Å². The number of carbonyl (C=O) groups excluding carboxylic acids is 1. The van der Waals surface area contributed by atoms with E-state index in [4.69, 9.17) is 10.8 Å². The maximum atomic E-state index is 12.2. The number of rotatable bonds is 7. The molecule has 1 aromatic heterocycles. The minimum atomic E-state index is -2.64. The summed E-state index contributed by atoms with van der Waals surface area (Å²) in [6, 6.07) is 0. The molecule has 7 nitrogen and oxygen atoms in total. The normalized spacial score (nSPS) is 10.9. The van der Waals surface area contributed by atoms with Crippen LogP contribution in [-0.4, -0.2) is 57.0 Å². The molecule has 0 bridgehead atoms. The Balaban J connectivity index is 2.59. The molecule has 0 aliphatic rings. The molecule has 0 saturated heterocycles. The Morgan fingerprint density at radius 3 is 2.83 bits per heavy atom. The number of aliphatic hydroxyl groups is 1. The minimum Gasteiger partial charge on any atom is -0.395 e. The van der Waals surface area contributed by atoms with Gasteiger partial charge in [0.1, 0.15) is 6.54 Å². The maximum absolute atomic E-state index is 12.2. The van der Waals surface area contributed by atoms with Crippen LogP contribution in [0.4, 0.5) is 8.78 Å². The molecule has 0 radical (unpaired) electrons. The smallest absolute Gasteiger partial charge is 0.255 e. The van der Waals surface area contributed by atoms with E-state index in [2.05, 4.69) is 10.3 Å². The van der Waals surface area contributed by atoms with Crippen molar-refractivity contribution >= 4 is 5.91 Å². The first-order valence-electron chi connectivity index (χ1n) is 5.32. The topological polar surface area (TPSA) is 97.3 Å². The van der Waals surface area contributed by atoms with Crippen LogP contribution in [0.15, 0.2) is 6.20 Å². The van der Waals surface area contributed by atoms with Crippen molar-refractivity contribution in [3.63, 3.8) is 0 Å². The van der Waals surface area contributed by atoms with Crippen LogP contribution in [0.1, 0.15) is 5.69 Å². The zero-order valence-corrected chi connectivity index (χ0v) is 9.67. The van der Waals surface area contributed by atoms with Gasteiger partial charge < -0.3 is 15.7 Å². The van der Waals surface area contributed by atoms with Gasteiger partial charge in [0, 0.05) is 13.1 Å². The number of nitrogens with zero attached hydrogens (tertiary/aromatic N) is 4. The lowest BCUT2D eigenvalue weighted by molar-refractivity contribution is -0.134. The van der Waals surface area contributed by atoms with Crippen molar-refractivity contribution in [2.75, 3.05) is 19.7 Å². The van der Waals surface area contributed by atoms with Gasteiger partial charge in [0.15, 0.2) is 0 Å². The van der Waals surface area contributed by atoms with Crippen molar-refractivity contribution in [3.05, 3.63) is 11.9 Å². The first-order chi connectivity index (χ1) is 8.56. The van der Waals surface area contributed by atoms with Gasteiger partial charge in [-0.1, -0.05) is 5.21 Å². The Bertz CT molecular complexity index is 385. The molecule has 0 aromatic carbocycles. The number of carbonyl (C=O) groups is 1. The number of halogens is 2. The molecule has 0 aliphatic carbocycles. The number of hydrogen-bond acceptors (Lipinski definition) is 5. The lowest BCUT2D eigenvalue weighted by Gasteiger charge is -2.20. The zero-order chi connectivity index (χ0) is 13.5. The number of aliphatic hydroxyl groups excluding tert-OH is 1. The van der Waals surface area contributed by atoms with Crippen LogP contribution >= 0.6 is 0 Å². The molecule has 3 N–H and O–H groups in total.